The van der Waals surface area contributed by atoms with E-state index < -0.39 is 0 Å². The molecule has 2 aromatic rings. The fourth-order valence-electron chi connectivity index (χ4n) is 2.25. The molecule has 0 aromatic carbocycles. The van der Waals surface area contributed by atoms with Crippen LogP contribution in [0.4, 0.5) is 0 Å². The third-order valence-electron chi connectivity index (χ3n) is 3.30. The zero-order valence-corrected chi connectivity index (χ0v) is 13.0. The molecule has 0 unspecified atom stereocenters. The molecule has 3 heterocycles. The molecular weight excluding hydrogens is 314 g/mol. The molecule has 1 aliphatic rings. The van der Waals surface area contributed by atoms with Gasteiger partial charge in [-0.3, -0.25) is 9.69 Å². The molecule has 0 atom stereocenters. The van der Waals surface area contributed by atoms with E-state index in [4.69, 9.17) is 16.1 Å². The standard InChI is InChI=1S/C12H14ClN5O2S/c1-8-6-9(20-16-8)7-17-2-4-18(5-3-17)11(19)10-14-15-12(13)21-10/h6H,2-5,7H2,1H3. The zero-order chi connectivity index (χ0) is 14.8. The summed E-state index contributed by atoms with van der Waals surface area (Å²) in [5.41, 5.74) is 0.881. The third kappa shape index (κ3) is 3.39. The van der Waals surface area contributed by atoms with Crippen molar-refractivity contribution >= 4 is 28.8 Å². The van der Waals surface area contributed by atoms with Crippen LogP contribution in [0.2, 0.25) is 4.47 Å². The van der Waals surface area contributed by atoms with Gasteiger partial charge in [-0.25, -0.2) is 0 Å². The topological polar surface area (TPSA) is 75.4 Å². The summed E-state index contributed by atoms with van der Waals surface area (Å²) in [7, 11) is 0. The van der Waals surface area contributed by atoms with Crippen molar-refractivity contribution in [3.8, 4) is 0 Å². The summed E-state index contributed by atoms with van der Waals surface area (Å²) in [6.45, 7) is 5.51. The second-order valence-corrected chi connectivity index (χ2v) is 6.42. The number of amides is 1. The number of piperazine rings is 1. The van der Waals surface area contributed by atoms with Crippen LogP contribution in [0, 0.1) is 6.92 Å². The maximum Gasteiger partial charge on any atom is 0.284 e. The second kappa shape index (κ2) is 6.08. The molecule has 112 valence electrons. The minimum Gasteiger partial charge on any atom is -0.360 e. The van der Waals surface area contributed by atoms with E-state index in [0.717, 1.165) is 35.9 Å². The highest BCUT2D eigenvalue weighted by molar-refractivity contribution is 7.17. The third-order valence-corrected chi connectivity index (χ3v) is 4.31. The van der Waals surface area contributed by atoms with E-state index in [9.17, 15) is 4.79 Å². The molecule has 1 saturated heterocycles. The summed E-state index contributed by atoms with van der Waals surface area (Å²) in [6.07, 6.45) is 0. The Hall–Kier alpha value is -1.51. The van der Waals surface area contributed by atoms with E-state index in [1.165, 1.54) is 0 Å². The number of halogens is 1. The highest BCUT2D eigenvalue weighted by atomic mass is 35.5. The predicted molar refractivity (Wildman–Crippen MR) is 77.3 cm³/mol. The molecule has 1 aliphatic heterocycles. The summed E-state index contributed by atoms with van der Waals surface area (Å²) >= 11 is 6.82. The lowest BCUT2D eigenvalue weighted by atomic mass is 10.3. The molecular formula is C12H14ClN5O2S. The molecule has 0 radical (unpaired) electrons. The van der Waals surface area contributed by atoms with Crippen LogP contribution in [0.1, 0.15) is 21.3 Å². The Labute approximate surface area is 130 Å². The lowest BCUT2D eigenvalue weighted by molar-refractivity contribution is 0.0616. The molecule has 1 amide bonds. The summed E-state index contributed by atoms with van der Waals surface area (Å²) in [5, 5.41) is 11.7. The largest absolute Gasteiger partial charge is 0.360 e. The molecule has 21 heavy (non-hydrogen) atoms. The Morgan fingerprint density at radius 2 is 2.14 bits per heavy atom. The highest BCUT2D eigenvalue weighted by Crippen LogP contribution is 2.18. The monoisotopic (exact) mass is 327 g/mol. The van der Waals surface area contributed by atoms with Crippen molar-refractivity contribution in [1.29, 1.82) is 0 Å². The van der Waals surface area contributed by atoms with Gasteiger partial charge in [-0.05, 0) is 18.5 Å². The van der Waals surface area contributed by atoms with E-state index in [0.29, 0.717) is 24.6 Å². The average molecular weight is 328 g/mol. The molecule has 7 nitrogen and oxygen atoms in total. The van der Waals surface area contributed by atoms with Crippen LogP contribution in [0.5, 0.6) is 0 Å². The van der Waals surface area contributed by atoms with E-state index >= 15 is 0 Å². The van der Waals surface area contributed by atoms with Gasteiger partial charge in [-0.15, -0.1) is 10.2 Å². The van der Waals surface area contributed by atoms with Crippen molar-refractivity contribution in [3.63, 3.8) is 0 Å². The van der Waals surface area contributed by atoms with Gasteiger partial charge in [0, 0.05) is 32.2 Å². The van der Waals surface area contributed by atoms with Gasteiger partial charge in [-0.2, -0.15) is 0 Å². The average Bonchev–Trinajstić information content (AvgIpc) is 3.08. The first-order valence-corrected chi connectivity index (χ1v) is 7.74. The first kappa shape index (κ1) is 14.4. The van der Waals surface area contributed by atoms with E-state index in [2.05, 4.69) is 20.3 Å². The van der Waals surface area contributed by atoms with E-state index in [1.807, 2.05) is 13.0 Å². The molecule has 0 bridgehead atoms. The summed E-state index contributed by atoms with van der Waals surface area (Å²) in [4.78, 5) is 16.2. The number of hydrogen-bond acceptors (Lipinski definition) is 7. The number of carbonyl (C=O) groups excluding carboxylic acids is 1. The van der Waals surface area contributed by atoms with Gasteiger partial charge in [0.25, 0.3) is 5.91 Å². The quantitative estimate of drug-likeness (QED) is 0.849. The summed E-state index contributed by atoms with van der Waals surface area (Å²) in [5.74, 6) is 0.748. The Bertz CT molecular complexity index is 635. The highest BCUT2D eigenvalue weighted by Gasteiger charge is 2.25. The van der Waals surface area contributed by atoms with Crippen molar-refractivity contribution in [3.05, 3.63) is 27.0 Å². The predicted octanol–water partition coefficient (Wildman–Crippen LogP) is 1.45. The lowest BCUT2D eigenvalue weighted by Crippen LogP contribution is -2.48. The Morgan fingerprint density at radius 1 is 1.38 bits per heavy atom. The molecule has 0 N–H and O–H groups in total. The minimum absolute atomic E-state index is 0.102. The lowest BCUT2D eigenvalue weighted by Gasteiger charge is -2.33. The molecule has 2 aromatic heterocycles. The van der Waals surface area contributed by atoms with Gasteiger partial charge in [-0.1, -0.05) is 16.5 Å². The Morgan fingerprint density at radius 3 is 2.71 bits per heavy atom. The maximum absolute atomic E-state index is 12.2. The number of hydrogen-bond donors (Lipinski definition) is 0. The van der Waals surface area contributed by atoms with Gasteiger partial charge < -0.3 is 9.42 Å². The van der Waals surface area contributed by atoms with Gasteiger partial charge in [0.05, 0.1) is 12.2 Å². The second-order valence-electron chi connectivity index (χ2n) is 4.86. The van der Waals surface area contributed by atoms with Gasteiger partial charge in [0.15, 0.2) is 5.76 Å². The van der Waals surface area contributed by atoms with Crippen molar-refractivity contribution in [2.45, 2.75) is 13.5 Å². The zero-order valence-electron chi connectivity index (χ0n) is 11.5. The van der Waals surface area contributed by atoms with Crippen LogP contribution >= 0.6 is 22.9 Å². The number of aromatic nitrogens is 3. The number of aryl methyl sites for hydroxylation is 1. The molecule has 3 rings (SSSR count). The van der Waals surface area contributed by atoms with Crippen LogP contribution in [-0.2, 0) is 6.54 Å². The van der Waals surface area contributed by atoms with Gasteiger partial charge in [0.1, 0.15) is 0 Å². The van der Waals surface area contributed by atoms with Crippen molar-refractivity contribution in [2.24, 2.45) is 0 Å². The van der Waals surface area contributed by atoms with Crippen LogP contribution in [0.3, 0.4) is 0 Å². The molecule has 0 spiro atoms. The SMILES string of the molecule is Cc1cc(CN2CCN(C(=O)c3nnc(Cl)s3)CC2)on1. The molecule has 0 saturated carbocycles. The van der Waals surface area contributed by atoms with Crippen molar-refractivity contribution < 1.29 is 9.32 Å². The normalized spacial score (nSPS) is 16.4. The fourth-order valence-corrected chi connectivity index (χ4v) is 3.04. The maximum atomic E-state index is 12.2. The first-order valence-electron chi connectivity index (χ1n) is 6.54. The van der Waals surface area contributed by atoms with Gasteiger partial charge in [0.2, 0.25) is 9.47 Å². The fraction of sp³-hybridized carbons (Fsp3) is 0.500. The van der Waals surface area contributed by atoms with Crippen LogP contribution in [0.25, 0.3) is 0 Å². The summed E-state index contributed by atoms with van der Waals surface area (Å²) < 4.78 is 5.50. The molecule has 0 aliphatic carbocycles. The number of carbonyl (C=O) groups is 1. The van der Waals surface area contributed by atoms with Crippen LogP contribution in [0.15, 0.2) is 10.6 Å². The summed E-state index contributed by atoms with van der Waals surface area (Å²) in [6, 6.07) is 1.93. The molecule has 9 heteroatoms. The Balaban J connectivity index is 1.54. The molecule has 1 fully saturated rings. The van der Waals surface area contributed by atoms with E-state index in [1.54, 1.807) is 4.90 Å². The first-order chi connectivity index (χ1) is 10.1. The minimum atomic E-state index is -0.102. The van der Waals surface area contributed by atoms with Gasteiger partial charge >= 0.3 is 0 Å². The number of rotatable bonds is 3. The Kier molecular flexibility index (Phi) is 4.18. The van der Waals surface area contributed by atoms with Crippen molar-refractivity contribution in [1.82, 2.24) is 25.2 Å². The van der Waals surface area contributed by atoms with Crippen LogP contribution < -0.4 is 0 Å². The van der Waals surface area contributed by atoms with E-state index in [-0.39, 0.29) is 10.4 Å². The van der Waals surface area contributed by atoms with Crippen molar-refractivity contribution in [2.75, 3.05) is 26.2 Å². The van der Waals surface area contributed by atoms with Crippen LogP contribution in [-0.4, -0.2) is 57.2 Å². The smallest absolute Gasteiger partial charge is 0.284 e. The number of nitrogens with zero attached hydrogens (tertiary/aromatic N) is 5.